The lowest BCUT2D eigenvalue weighted by atomic mass is 10.1. The van der Waals surface area contributed by atoms with Crippen LogP contribution in [0.15, 0.2) is 54.6 Å². The number of rotatable bonds is 8. The Kier molecular flexibility index (Phi) is 11.6. The second-order valence-electron chi connectivity index (χ2n) is 10.7. The number of alkyl halides is 6. The van der Waals surface area contributed by atoms with Crippen LogP contribution in [0.25, 0.3) is 0 Å². The molecular formula is C29H33F6N3O5. The lowest BCUT2D eigenvalue weighted by Gasteiger charge is -2.17. The van der Waals surface area contributed by atoms with Gasteiger partial charge in [-0.2, -0.15) is 26.3 Å². The van der Waals surface area contributed by atoms with Crippen molar-refractivity contribution in [2.24, 2.45) is 5.92 Å². The van der Waals surface area contributed by atoms with E-state index in [2.05, 4.69) is 58.0 Å². The lowest BCUT2D eigenvalue weighted by molar-refractivity contribution is -0.193. The average molecular weight is 618 g/mol. The zero-order chi connectivity index (χ0) is 31.8. The third-order valence-corrected chi connectivity index (χ3v) is 7.07. The predicted octanol–water partition coefficient (Wildman–Crippen LogP) is 4.81. The molecule has 2 aromatic rings. The summed E-state index contributed by atoms with van der Waals surface area (Å²) in [4.78, 5) is 33.0. The maximum atomic E-state index is 12.8. The van der Waals surface area contributed by atoms with Crippen molar-refractivity contribution in [2.75, 3.05) is 19.6 Å². The van der Waals surface area contributed by atoms with Gasteiger partial charge in [0.15, 0.2) is 0 Å². The molecule has 1 unspecified atom stereocenters. The van der Waals surface area contributed by atoms with Crippen LogP contribution in [-0.4, -0.2) is 77.0 Å². The molecule has 2 aliphatic carbocycles. The highest BCUT2D eigenvalue weighted by molar-refractivity contribution is 5.94. The largest absolute Gasteiger partial charge is 0.490 e. The zero-order valence-corrected chi connectivity index (χ0v) is 23.0. The summed E-state index contributed by atoms with van der Waals surface area (Å²) in [6.45, 7) is 4.09. The molecule has 2 aromatic carbocycles. The molecule has 3 aliphatic rings. The van der Waals surface area contributed by atoms with E-state index in [-0.39, 0.29) is 11.9 Å². The molecule has 1 saturated heterocycles. The second kappa shape index (κ2) is 14.7. The first kappa shape index (κ1) is 33.8. The standard InChI is InChI=1S/C25H31N3O.2C2HF3O2/c29-25(27-22-11-12-28(17-22)16-19-5-2-1-3-6-19)21-8-4-7-20(13-21)23-14-24(23)26-15-18-9-10-18;2*3-2(4,5)1(6)7/h1-8,13,18,22-24,26H,9-12,14-17H2,(H,27,29);2*(H,6,7)/t22?,23-,24+;;/m0../s1. The Balaban J connectivity index is 0.000000303. The number of carboxylic acids is 2. The van der Waals surface area contributed by atoms with Crippen molar-refractivity contribution in [2.45, 2.75) is 62.6 Å². The van der Waals surface area contributed by atoms with Crippen molar-refractivity contribution in [1.29, 1.82) is 0 Å². The van der Waals surface area contributed by atoms with Gasteiger partial charge >= 0.3 is 24.3 Å². The number of amides is 1. The van der Waals surface area contributed by atoms with Crippen LogP contribution in [0.4, 0.5) is 26.3 Å². The predicted molar refractivity (Wildman–Crippen MR) is 143 cm³/mol. The van der Waals surface area contributed by atoms with E-state index in [1.807, 2.05) is 12.1 Å². The van der Waals surface area contributed by atoms with Crippen LogP contribution in [0.3, 0.4) is 0 Å². The number of aliphatic carboxylic acids is 2. The molecule has 0 aromatic heterocycles. The minimum absolute atomic E-state index is 0.0709. The molecule has 1 aliphatic heterocycles. The van der Waals surface area contributed by atoms with Crippen LogP contribution in [0.1, 0.15) is 53.1 Å². The first-order valence-electron chi connectivity index (χ1n) is 13.6. The van der Waals surface area contributed by atoms with Gasteiger partial charge < -0.3 is 20.8 Å². The highest BCUT2D eigenvalue weighted by atomic mass is 19.4. The molecular weight excluding hydrogens is 584 g/mol. The molecule has 3 atom stereocenters. The molecule has 8 nitrogen and oxygen atoms in total. The Morgan fingerprint density at radius 2 is 1.47 bits per heavy atom. The molecule has 2 saturated carbocycles. The summed E-state index contributed by atoms with van der Waals surface area (Å²) in [6, 6.07) is 19.7. The van der Waals surface area contributed by atoms with Gasteiger partial charge in [0.25, 0.3) is 5.91 Å². The van der Waals surface area contributed by atoms with Gasteiger partial charge in [-0.3, -0.25) is 9.69 Å². The summed E-state index contributed by atoms with van der Waals surface area (Å²) in [5.74, 6) is -3.95. The SMILES string of the molecule is O=C(NC1CCN(Cc2ccccc2)C1)c1cccc([C@@H]2C[C@H]2NCC2CC2)c1.O=C(O)C(F)(F)F.O=C(O)C(F)(F)F. The number of carbonyl (C=O) groups is 3. The lowest BCUT2D eigenvalue weighted by Crippen LogP contribution is -2.37. The topological polar surface area (TPSA) is 119 Å². The minimum atomic E-state index is -5.08. The third kappa shape index (κ3) is 11.9. The fourth-order valence-electron chi connectivity index (χ4n) is 4.54. The Hall–Kier alpha value is -3.65. The molecule has 14 heteroatoms. The first-order chi connectivity index (χ1) is 20.1. The van der Waals surface area contributed by atoms with E-state index >= 15 is 0 Å². The van der Waals surface area contributed by atoms with Crippen LogP contribution >= 0.6 is 0 Å². The van der Waals surface area contributed by atoms with Crippen molar-refractivity contribution >= 4 is 17.8 Å². The molecule has 1 amide bonds. The van der Waals surface area contributed by atoms with Gasteiger partial charge in [0.2, 0.25) is 0 Å². The van der Waals surface area contributed by atoms with Crippen LogP contribution in [0.5, 0.6) is 0 Å². The van der Waals surface area contributed by atoms with E-state index in [1.165, 1.54) is 36.9 Å². The van der Waals surface area contributed by atoms with E-state index < -0.39 is 24.3 Å². The summed E-state index contributed by atoms with van der Waals surface area (Å²) >= 11 is 0. The van der Waals surface area contributed by atoms with Gasteiger partial charge in [-0.1, -0.05) is 42.5 Å². The van der Waals surface area contributed by atoms with Crippen LogP contribution in [0, 0.1) is 5.92 Å². The maximum absolute atomic E-state index is 12.8. The van der Waals surface area contributed by atoms with Crippen LogP contribution < -0.4 is 10.6 Å². The summed E-state index contributed by atoms with van der Waals surface area (Å²) in [7, 11) is 0. The Bertz CT molecular complexity index is 1210. The third-order valence-electron chi connectivity index (χ3n) is 7.07. The minimum Gasteiger partial charge on any atom is -0.475 e. The zero-order valence-electron chi connectivity index (χ0n) is 23.0. The van der Waals surface area contributed by atoms with Crippen LogP contribution in [0.2, 0.25) is 0 Å². The molecule has 43 heavy (non-hydrogen) atoms. The number of nitrogens with one attached hydrogen (secondary N) is 2. The summed E-state index contributed by atoms with van der Waals surface area (Å²) in [5, 5.41) is 21.2. The molecule has 0 radical (unpaired) electrons. The Labute approximate surface area is 244 Å². The van der Waals surface area contributed by atoms with E-state index in [4.69, 9.17) is 19.8 Å². The van der Waals surface area contributed by atoms with Gasteiger partial charge in [0.1, 0.15) is 0 Å². The van der Waals surface area contributed by atoms with Crippen molar-refractivity contribution < 1.29 is 50.9 Å². The van der Waals surface area contributed by atoms with Gasteiger partial charge in [-0.05, 0) is 61.4 Å². The number of carboxylic acid groups (broad SMARTS) is 2. The molecule has 236 valence electrons. The van der Waals surface area contributed by atoms with Gasteiger partial charge in [0, 0.05) is 43.2 Å². The van der Waals surface area contributed by atoms with Gasteiger partial charge in [0.05, 0.1) is 0 Å². The number of nitrogens with zero attached hydrogens (tertiary/aromatic N) is 1. The van der Waals surface area contributed by atoms with E-state index in [0.29, 0.717) is 12.0 Å². The molecule has 5 rings (SSSR count). The molecule has 0 spiro atoms. The monoisotopic (exact) mass is 617 g/mol. The van der Waals surface area contributed by atoms with Crippen molar-refractivity contribution in [1.82, 2.24) is 15.5 Å². The summed E-state index contributed by atoms with van der Waals surface area (Å²) in [5.41, 5.74) is 3.45. The number of likely N-dealkylation sites (tertiary alicyclic amines) is 1. The fraction of sp³-hybridized carbons (Fsp3) is 0.483. The fourth-order valence-corrected chi connectivity index (χ4v) is 4.54. The van der Waals surface area contributed by atoms with Gasteiger partial charge in [-0.15, -0.1) is 0 Å². The Morgan fingerprint density at radius 3 is 2.02 bits per heavy atom. The molecule has 4 N–H and O–H groups in total. The normalized spacial score (nSPS) is 21.5. The molecule has 1 heterocycles. The quantitative estimate of drug-likeness (QED) is 0.314. The number of benzene rings is 2. The average Bonchev–Trinajstić information content (AvgIpc) is 3.86. The number of hydrogen-bond acceptors (Lipinski definition) is 5. The highest BCUT2D eigenvalue weighted by Gasteiger charge is 2.40. The molecule has 3 fully saturated rings. The number of carbonyl (C=O) groups excluding carboxylic acids is 1. The summed E-state index contributed by atoms with van der Waals surface area (Å²) < 4.78 is 63.5. The maximum Gasteiger partial charge on any atom is 0.490 e. The smallest absolute Gasteiger partial charge is 0.475 e. The molecule has 0 bridgehead atoms. The van der Waals surface area contributed by atoms with Crippen LogP contribution in [-0.2, 0) is 16.1 Å². The van der Waals surface area contributed by atoms with Crippen molar-refractivity contribution in [3.05, 3.63) is 71.3 Å². The summed E-state index contributed by atoms with van der Waals surface area (Å²) in [6.07, 6.45) is -5.16. The van der Waals surface area contributed by atoms with Crippen molar-refractivity contribution in [3.63, 3.8) is 0 Å². The van der Waals surface area contributed by atoms with E-state index in [0.717, 1.165) is 37.5 Å². The first-order valence-corrected chi connectivity index (χ1v) is 13.6. The van der Waals surface area contributed by atoms with Crippen molar-refractivity contribution in [3.8, 4) is 0 Å². The number of hydrogen-bond donors (Lipinski definition) is 4. The van der Waals surface area contributed by atoms with E-state index in [9.17, 15) is 31.1 Å². The van der Waals surface area contributed by atoms with E-state index in [1.54, 1.807) is 0 Å². The second-order valence-corrected chi connectivity index (χ2v) is 10.7. The van der Waals surface area contributed by atoms with Gasteiger partial charge in [-0.25, -0.2) is 9.59 Å². The highest BCUT2D eigenvalue weighted by Crippen LogP contribution is 2.41. The number of halogens is 6. The Morgan fingerprint density at radius 1 is 0.860 bits per heavy atom.